The van der Waals surface area contributed by atoms with Crippen molar-refractivity contribution < 1.29 is 27.8 Å². The molecule has 5 rings (SSSR count). The number of anilines is 4. The Morgan fingerprint density at radius 1 is 1.18 bits per heavy atom. The molecule has 2 aliphatic heterocycles. The molecule has 14 heteroatoms. The Labute approximate surface area is 233 Å². The fourth-order valence-electron chi connectivity index (χ4n) is 4.89. The van der Waals surface area contributed by atoms with Crippen LogP contribution in [-0.2, 0) is 23.9 Å². The first-order chi connectivity index (χ1) is 19.1. The number of alkyl halides is 3. The molecule has 0 aromatic carbocycles. The van der Waals surface area contributed by atoms with Crippen molar-refractivity contribution in [3.8, 4) is 0 Å². The first-order valence-corrected chi connectivity index (χ1v) is 14.0. The number of piperidine rings is 1. The molecule has 5 heterocycles. The molecule has 1 fully saturated rings. The topological polar surface area (TPSA) is 117 Å². The molecular weight excluding hydrogens is 547 g/mol. The smallest absolute Gasteiger partial charge is 0.433 e. The van der Waals surface area contributed by atoms with Crippen molar-refractivity contribution >= 4 is 40.0 Å². The van der Waals surface area contributed by atoms with Gasteiger partial charge in [0.25, 0.3) is 0 Å². The predicted molar refractivity (Wildman–Crippen MR) is 144 cm³/mol. The highest BCUT2D eigenvalue weighted by Gasteiger charge is 2.33. The van der Waals surface area contributed by atoms with Gasteiger partial charge < -0.3 is 19.6 Å². The molecule has 0 amide bonds. The number of ether oxygens (including phenoxy) is 1. The molecule has 0 bridgehead atoms. The van der Waals surface area contributed by atoms with E-state index in [-0.39, 0.29) is 12.7 Å². The molecule has 1 saturated heterocycles. The molecule has 0 saturated carbocycles. The van der Waals surface area contributed by atoms with Crippen LogP contribution in [0.1, 0.15) is 58.4 Å². The minimum Gasteiger partial charge on any atom is -0.462 e. The first kappa shape index (κ1) is 28.0. The van der Waals surface area contributed by atoms with E-state index in [2.05, 4.69) is 20.2 Å². The second-order valence-electron chi connectivity index (χ2n) is 9.74. The largest absolute Gasteiger partial charge is 0.462 e. The van der Waals surface area contributed by atoms with Crippen LogP contribution in [-0.4, -0.2) is 63.4 Å². The van der Waals surface area contributed by atoms with Crippen LogP contribution < -0.4 is 15.1 Å². The molecule has 2 N–H and O–H groups in total. The third-order valence-electron chi connectivity index (χ3n) is 6.85. The van der Waals surface area contributed by atoms with Crippen molar-refractivity contribution in [2.24, 2.45) is 0 Å². The van der Waals surface area contributed by atoms with Crippen LogP contribution in [0.2, 0.25) is 0 Å². The van der Waals surface area contributed by atoms with Gasteiger partial charge in [-0.1, -0.05) is 17.4 Å². The van der Waals surface area contributed by atoms with E-state index in [0.717, 1.165) is 41.6 Å². The van der Waals surface area contributed by atoms with E-state index in [9.17, 15) is 23.1 Å². The predicted octanol–water partition coefficient (Wildman–Crippen LogP) is 4.49. The average molecular weight is 578 g/mol. The van der Waals surface area contributed by atoms with Gasteiger partial charge in [0.2, 0.25) is 5.95 Å². The zero-order valence-electron chi connectivity index (χ0n) is 22.2. The quantitative estimate of drug-likeness (QED) is 0.389. The number of aryl methyl sites for hydroxylation is 1. The molecule has 40 heavy (non-hydrogen) atoms. The van der Waals surface area contributed by atoms with Crippen molar-refractivity contribution in [3.05, 3.63) is 45.7 Å². The number of nitrogens with one attached hydrogen (secondary N) is 1. The highest BCUT2D eigenvalue weighted by atomic mass is 32.1. The van der Waals surface area contributed by atoms with Crippen molar-refractivity contribution in [1.82, 2.24) is 19.9 Å². The maximum absolute atomic E-state index is 13.0. The molecule has 0 atom stereocenters. The van der Waals surface area contributed by atoms with E-state index in [1.807, 2.05) is 4.90 Å². The number of rotatable bonds is 7. The second-order valence-corrected chi connectivity index (χ2v) is 10.7. The fourth-order valence-corrected chi connectivity index (χ4v) is 5.74. The standard InChI is InChI=1S/C26H30F3N7O3S/c1-3-39-23(38)20-15(2)31-25(40-20)34-24-32-21(35-11-8-17(37)9-12-35)18-5-4-10-36(22(18)33-24)14-16-6-7-19(30-13-16)26(27,28)29/h6-7,13,17,37H,3-5,8-12,14H2,1-2H3,(H,31,32,33,34). The Hall–Kier alpha value is -3.52. The van der Waals surface area contributed by atoms with Crippen LogP contribution in [0.3, 0.4) is 0 Å². The van der Waals surface area contributed by atoms with Crippen molar-refractivity contribution in [2.75, 3.05) is 41.4 Å². The van der Waals surface area contributed by atoms with E-state index in [0.29, 0.717) is 72.1 Å². The van der Waals surface area contributed by atoms with Gasteiger partial charge in [-0.15, -0.1) is 0 Å². The monoisotopic (exact) mass is 577 g/mol. The summed E-state index contributed by atoms with van der Waals surface area (Å²) in [6, 6.07) is 2.43. The number of carbonyl (C=O) groups is 1. The summed E-state index contributed by atoms with van der Waals surface area (Å²) < 4.78 is 44.1. The maximum Gasteiger partial charge on any atom is 0.433 e. The van der Waals surface area contributed by atoms with Gasteiger partial charge in [-0.25, -0.2) is 9.78 Å². The van der Waals surface area contributed by atoms with Gasteiger partial charge in [-0.2, -0.15) is 23.1 Å². The maximum atomic E-state index is 13.0. The average Bonchev–Trinajstić information content (AvgIpc) is 3.29. The number of halogens is 3. The van der Waals surface area contributed by atoms with Gasteiger partial charge in [0.05, 0.1) is 18.4 Å². The van der Waals surface area contributed by atoms with Gasteiger partial charge in [0.15, 0.2) is 5.13 Å². The lowest BCUT2D eigenvalue weighted by atomic mass is 10.0. The number of fused-ring (bicyclic) bond motifs is 1. The second kappa shape index (κ2) is 11.5. The number of hydrogen-bond donors (Lipinski definition) is 2. The van der Waals surface area contributed by atoms with Gasteiger partial charge in [-0.3, -0.25) is 10.3 Å². The third-order valence-corrected chi connectivity index (χ3v) is 7.90. The number of hydrogen-bond acceptors (Lipinski definition) is 11. The molecule has 0 spiro atoms. The van der Waals surface area contributed by atoms with Gasteiger partial charge in [-0.05, 0) is 51.2 Å². The summed E-state index contributed by atoms with van der Waals surface area (Å²) in [5.74, 6) is 1.29. The van der Waals surface area contributed by atoms with Crippen LogP contribution in [0.15, 0.2) is 18.3 Å². The summed E-state index contributed by atoms with van der Waals surface area (Å²) in [4.78, 5) is 34.6. The molecule has 2 aliphatic rings. The summed E-state index contributed by atoms with van der Waals surface area (Å²) in [6.07, 6.45) is -0.782. The zero-order chi connectivity index (χ0) is 28.4. The van der Waals surface area contributed by atoms with Gasteiger partial charge in [0, 0.05) is 37.9 Å². The lowest BCUT2D eigenvalue weighted by molar-refractivity contribution is -0.141. The Bertz CT molecular complexity index is 1360. The number of aliphatic hydroxyl groups is 1. The molecule has 3 aromatic rings. The molecule has 0 unspecified atom stereocenters. The van der Waals surface area contributed by atoms with Crippen LogP contribution >= 0.6 is 11.3 Å². The lowest BCUT2D eigenvalue weighted by Gasteiger charge is -2.36. The van der Waals surface area contributed by atoms with Gasteiger partial charge >= 0.3 is 12.1 Å². The lowest BCUT2D eigenvalue weighted by Crippen LogP contribution is -2.38. The van der Waals surface area contributed by atoms with E-state index in [1.54, 1.807) is 13.8 Å². The molecular formula is C26H30F3N7O3S. The van der Waals surface area contributed by atoms with E-state index in [4.69, 9.17) is 14.7 Å². The number of aliphatic hydroxyl groups excluding tert-OH is 1. The third kappa shape index (κ3) is 6.12. The Kier molecular flexibility index (Phi) is 8.08. The number of thiazole rings is 1. The van der Waals surface area contributed by atoms with Crippen molar-refractivity contribution in [3.63, 3.8) is 0 Å². The van der Waals surface area contributed by atoms with E-state index in [1.165, 1.54) is 12.3 Å². The number of nitrogens with zero attached hydrogens (tertiary/aromatic N) is 6. The summed E-state index contributed by atoms with van der Waals surface area (Å²) in [5.41, 5.74) is 1.19. The Balaban J connectivity index is 1.48. The summed E-state index contributed by atoms with van der Waals surface area (Å²) in [6.45, 7) is 5.98. The Morgan fingerprint density at radius 2 is 1.93 bits per heavy atom. The van der Waals surface area contributed by atoms with E-state index >= 15 is 0 Å². The highest BCUT2D eigenvalue weighted by Crippen LogP contribution is 2.37. The van der Waals surface area contributed by atoms with Crippen LogP contribution in [0.25, 0.3) is 0 Å². The minimum absolute atomic E-state index is 0.255. The number of carbonyl (C=O) groups excluding carboxylic acids is 1. The molecule has 10 nitrogen and oxygen atoms in total. The van der Waals surface area contributed by atoms with Crippen LogP contribution in [0, 0.1) is 6.92 Å². The van der Waals surface area contributed by atoms with Crippen molar-refractivity contribution in [1.29, 1.82) is 0 Å². The fraction of sp³-hybridized carbons (Fsp3) is 0.500. The Morgan fingerprint density at radius 3 is 2.60 bits per heavy atom. The first-order valence-electron chi connectivity index (χ1n) is 13.1. The molecule has 0 radical (unpaired) electrons. The number of aromatic nitrogens is 4. The van der Waals surface area contributed by atoms with Crippen LogP contribution in [0.5, 0.6) is 0 Å². The SMILES string of the molecule is CCOC(=O)c1sc(Nc2nc(N3CCC(O)CC3)c3c(n2)N(Cc2ccc(C(F)(F)F)nc2)CCC3)nc1C. The van der Waals surface area contributed by atoms with Gasteiger partial charge in [0.1, 0.15) is 22.2 Å². The normalized spacial score (nSPS) is 16.1. The summed E-state index contributed by atoms with van der Waals surface area (Å²) in [5, 5.41) is 13.6. The zero-order valence-corrected chi connectivity index (χ0v) is 23.0. The summed E-state index contributed by atoms with van der Waals surface area (Å²) >= 11 is 1.15. The highest BCUT2D eigenvalue weighted by molar-refractivity contribution is 7.17. The molecule has 3 aromatic heterocycles. The summed E-state index contributed by atoms with van der Waals surface area (Å²) in [7, 11) is 0. The minimum atomic E-state index is -4.50. The van der Waals surface area contributed by atoms with Crippen molar-refractivity contribution in [2.45, 2.75) is 58.4 Å². The number of pyridine rings is 1. The van der Waals surface area contributed by atoms with E-state index < -0.39 is 17.8 Å². The molecule has 214 valence electrons. The van der Waals surface area contributed by atoms with Crippen LogP contribution in [0.4, 0.5) is 35.9 Å². The molecule has 0 aliphatic carbocycles. The number of esters is 1.